The average molecular weight is 505 g/mol. The van der Waals surface area contributed by atoms with Crippen LogP contribution in [0, 0.1) is 50.7 Å². The van der Waals surface area contributed by atoms with Gasteiger partial charge in [-0.05, 0) is 92.3 Å². The van der Waals surface area contributed by atoms with Gasteiger partial charge in [0.25, 0.3) is 0 Å². The van der Waals surface area contributed by atoms with Gasteiger partial charge in [-0.25, -0.2) is 0 Å². The summed E-state index contributed by atoms with van der Waals surface area (Å²) in [4.78, 5) is 12.8. The Hall–Kier alpha value is -0.950. The summed E-state index contributed by atoms with van der Waals surface area (Å²) in [6.07, 6.45) is 6.20. The molecule has 0 heterocycles. The van der Waals surface area contributed by atoms with E-state index in [1.54, 1.807) is 0 Å². The molecule has 4 saturated carbocycles. The zero-order valence-electron chi connectivity index (χ0n) is 23.0. The van der Waals surface area contributed by atoms with Gasteiger partial charge in [0.15, 0.2) is 0 Å². The van der Waals surface area contributed by atoms with E-state index >= 15 is 0 Å². The Labute approximate surface area is 216 Å². The summed E-state index contributed by atoms with van der Waals surface area (Å²) in [5.74, 6) is -0.834. The van der Waals surface area contributed by atoms with Gasteiger partial charge < -0.3 is 25.5 Å². The van der Waals surface area contributed by atoms with E-state index in [1.165, 1.54) is 0 Å². The Morgan fingerprint density at radius 2 is 1.67 bits per heavy atom. The van der Waals surface area contributed by atoms with Crippen LogP contribution >= 0.6 is 0 Å². The summed E-state index contributed by atoms with van der Waals surface area (Å²) < 4.78 is 0. The largest absolute Gasteiger partial charge is 0.481 e. The summed E-state index contributed by atoms with van der Waals surface area (Å²) in [6.45, 7) is 12.6. The van der Waals surface area contributed by atoms with Crippen LogP contribution in [0.1, 0.15) is 92.9 Å². The number of rotatable bonds is 2. The summed E-state index contributed by atoms with van der Waals surface area (Å²) in [5, 5.41) is 54.8. The smallest absolute Gasteiger partial charge is 0.310 e. The molecule has 6 nitrogen and oxygen atoms in total. The minimum atomic E-state index is -1.09. The molecule has 5 rings (SSSR count). The molecular weight excluding hydrogens is 456 g/mol. The maximum Gasteiger partial charge on any atom is 0.310 e. The highest BCUT2D eigenvalue weighted by Gasteiger charge is 2.72. The quantitative estimate of drug-likeness (QED) is 0.361. The molecule has 0 radical (unpaired) electrons. The lowest BCUT2D eigenvalue weighted by Crippen LogP contribution is -2.69. The minimum Gasteiger partial charge on any atom is -0.481 e. The SMILES string of the molecule is C[C@@H]1CC[C@@]2(C(=O)O)CC[C@]3(C)C(=CC[C@H]4[C@@]5(C)C[C@H](O)[C@H](O)[C@@](C)(CO)[C@@H]5CC[C@@]43C)[C@@H]2[C@@]1(C)O. The van der Waals surface area contributed by atoms with Crippen LogP contribution in [-0.2, 0) is 4.79 Å². The van der Waals surface area contributed by atoms with E-state index in [0.29, 0.717) is 19.3 Å². The van der Waals surface area contributed by atoms with Crippen LogP contribution in [0.25, 0.3) is 0 Å². The number of aliphatic hydroxyl groups is 4. The van der Waals surface area contributed by atoms with E-state index in [4.69, 9.17) is 0 Å². The van der Waals surface area contributed by atoms with Crippen molar-refractivity contribution in [1.29, 1.82) is 0 Å². The van der Waals surface area contributed by atoms with Crippen LogP contribution in [-0.4, -0.2) is 55.9 Å². The van der Waals surface area contributed by atoms with Crippen molar-refractivity contribution in [1.82, 2.24) is 0 Å². The van der Waals surface area contributed by atoms with Gasteiger partial charge in [-0.1, -0.05) is 46.3 Å². The van der Waals surface area contributed by atoms with E-state index in [1.807, 2.05) is 13.8 Å². The molecule has 4 fully saturated rings. The average Bonchev–Trinajstić information content (AvgIpc) is 2.80. The van der Waals surface area contributed by atoms with Crippen molar-refractivity contribution in [3.8, 4) is 0 Å². The van der Waals surface area contributed by atoms with Crippen molar-refractivity contribution in [3.05, 3.63) is 11.6 Å². The van der Waals surface area contributed by atoms with Crippen LogP contribution < -0.4 is 0 Å². The molecule has 6 heteroatoms. The van der Waals surface area contributed by atoms with Gasteiger partial charge in [-0.2, -0.15) is 0 Å². The summed E-state index contributed by atoms with van der Waals surface area (Å²) >= 11 is 0. The predicted octanol–water partition coefficient (Wildman–Crippen LogP) is 4.15. The molecule has 5 aliphatic carbocycles. The summed E-state index contributed by atoms with van der Waals surface area (Å²) in [5.41, 5.74) is -2.28. The first kappa shape index (κ1) is 26.6. The Kier molecular flexibility index (Phi) is 5.77. The fourth-order valence-electron chi connectivity index (χ4n) is 11.0. The number of hydrogen-bond acceptors (Lipinski definition) is 5. The van der Waals surface area contributed by atoms with Crippen LogP contribution in [0.4, 0.5) is 0 Å². The van der Waals surface area contributed by atoms with Crippen molar-refractivity contribution in [2.24, 2.45) is 50.7 Å². The van der Waals surface area contributed by atoms with Crippen LogP contribution in [0.3, 0.4) is 0 Å². The number of allylic oxidation sites excluding steroid dienone is 1. The third kappa shape index (κ3) is 2.91. The van der Waals surface area contributed by atoms with Gasteiger partial charge in [0, 0.05) is 11.3 Å². The third-order valence-electron chi connectivity index (χ3n) is 13.6. The number of carbonyl (C=O) groups is 1. The van der Waals surface area contributed by atoms with Crippen molar-refractivity contribution in [2.75, 3.05) is 6.61 Å². The first-order valence-electron chi connectivity index (χ1n) is 14.2. The molecule has 36 heavy (non-hydrogen) atoms. The molecule has 0 saturated heterocycles. The lowest BCUT2D eigenvalue weighted by Gasteiger charge is -2.72. The molecule has 0 spiro atoms. The fraction of sp³-hybridized carbons (Fsp3) is 0.900. The van der Waals surface area contributed by atoms with Gasteiger partial charge in [0.1, 0.15) is 0 Å². The fourth-order valence-corrected chi connectivity index (χ4v) is 11.0. The zero-order chi connectivity index (χ0) is 26.7. The molecule has 12 atom stereocenters. The maximum atomic E-state index is 12.8. The molecule has 5 aliphatic rings. The lowest BCUT2D eigenvalue weighted by atomic mass is 9.33. The number of aliphatic hydroxyl groups excluding tert-OH is 3. The molecule has 0 unspecified atom stereocenters. The lowest BCUT2D eigenvalue weighted by molar-refractivity contribution is -0.247. The Bertz CT molecular complexity index is 974. The van der Waals surface area contributed by atoms with Gasteiger partial charge in [-0.15, -0.1) is 0 Å². The Balaban J connectivity index is 1.65. The molecule has 0 aromatic heterocycles. The van der Waals surface area contributed by atoms with E-state index in [2.05, 4.69) is 33.8 Å². The van der Waals surface area contributed by atoms with Crippen molar-refractivity contribution < 1.29 is 30.3 Å². The maximum absolute atomic E-state index is 12.8. The van der Waals surface area contributed by atoms with E-state index < -0.39 is 40.5 Å². The molecule has 0 amide bonds. The number of carboxylic acid groups (broad SMARTS) is 1. The van der Waals surface area contributed by atoms with Crippen molar-refractivity contribution in [2.45, 2.75) is 111 Å². The highest BCUT2D eigenvalue weighted by Crippen LogP contribution is 2.76. The second kappa shape index (κ2) is 7.80. The van der Waals surface area contributed by atoms with Crippen molar-refractivity contribution in [3.63, 3.8) is 0 Å². The van der Waals surface area contributed by atoms with E-state index in [9.17, 15) is 30.3 Å². The molecule has 0 aliphatic heterocycles. The van der Waals surface area contributed by atoms with Gasteiger partial charge >= 0.3 is 5.97 Å². The normalized spacial score (nSPS) is 58.6. The Morgan fingerprint density at radius 3 is 2.28 bits per heavy atom. The monoisotopic (exact) mass is 504 g/mol. The first-order valence-corrected chi connectivity index (χ1v) is 14.2. The predicted molar refractivity (Wildman–Crippen MR) is 137 cm³/mol. The topological polar surface area (TPSA) is 118 Å². The molecule has 0 aromatic carbocycles. The van der Waals surface area contributed by atoms with E-state index in [0.717, 1.165) is 37.7 Å². The summed E-state index contributed by atoms with van der Waals surface area (Å²) in [7, 11) is 0. The molecular formula is C30H48O6. The molecule has 0 bridgehead atoms. The highest BCUT2D eigenvalue weighted by molar-refractivity contribution is 5.77. The number of fused-ring (bicyclic) bond motifs is 7. The van der Waals surface area contributed by atoms with Crippen LogP contribution in [0.15, 0.2) is 11.6 Å². The number of aliphatic carboxylic acids is 1. The van der Waals surface area contributed by atoms with Crippen LogP contribution in [0.5, 0.6) is 0 Å². The number of carboxylic acids is 1. The van der Waals surface area contributed by atoms with Crippen LogP contribution in [0.2, 0.25) is 0 Å². The standard InChI is InChI=1S/C30H48O6/c1-17-9-12-30(24(34)35)14-13-27(4)18(22(30)29(17,6)36)7-8-21-25(2)15-19(32)23(33)26(3,16-31)20(25)10-11-28(21,27)5/h7,17,19-23,31-33,36H,8-16H2,1-6H3,(H,34,35)/t17-,19+,20-,21+,22-,23+,25+,26+,27-,28+,29+,30-/m1/s1. The molecule has 5 N–H and O–H groups in total. The summed E-state index contributed by atoms with van der Waals surface area (Å²) in [6, 6.07) is 0. The van der Waals surface area contributed by atoms with Gasteiger partial charge in [-0.3, -0.25) is 4.79 Å². The molecule has 204 valence electrons. The van der Waals surface area contributed by atoms with E-state index in [-0.39, 0.29) is 40.6 Å². The third-order valence-corrected chi connectivity index (χ3v) is 13.6. The second-order valence-corrected chi connectivity index (χ2v) is 14.7. The van der Waals surface area contributed by atoms with Gasteiger partial charge in [0.05, 0.1) is 29.8 Å². The molecule has 0 aromatic rings. The number of hydrogen-bond donors (Lipinski definition) is 5. The highest BCUT2D eigenvalue weighted by atomic mass is 16.4. The minimum absolute atomic E-state index is 0.0252. The van der Waals surface area contributed by atoms with Gasteiger partial charge in [0.2, 0.25) is 0 Å². The second-order valence-electron chi connectivity index (χ2n) is 14.7. The van der Waals surface area contributed by atoms with Crippen molar-refractivity contribution >= 4 is 5.97 Å². The first-order chi connectivity index (χ1) is 16.6. The zero-order valence-corrected chi connectivity index (χ0v) is 23.0. The Morgan fingerprint density at radius 1 is 1.00 bits per heavy atom.